The van der Waals surface area contributed by atoms with Crippen LogP contribution in [0.4, 0.5) is 15.8 Å². The second-order valence-electron chi connectivity index (χ2n) is 4.59. The van der Waals surface area contributed by atoms with Gasteiger partial charge in [0.2, 0.25) is 11.8 Å². The lowest BCUT2D eigenvalue weighted by Crippen LogP contribution is -2.27. The van der Waals surface area contributed by atoms with Crippen LogP contribution in [0.5, 0.6) is 0 Å². The van der Waals surface area contributed by atoms with Crippen LogP contribution in [0.3, 0.4) is 0 Å². The molecule has 1 aromatic rings. The number of rotatable bonds is 3. The zero-order valence-electron chi connectivity index (χ0n) is 10.7. The molecule has 1 aliphatic heterocycles. The number of carboxylic acid groups (broad SMARTS) is 1. The first-order valence-corrected chi connectivity index (χ1v) is 6.04. The molecule has 1 unspecified atom stereocenters. The van der Waals surface area contributed by atoms with Gasteiger partial charge >= 0.3 is 5.97 Å². The van der Waals surface area contributed by atoms with E-state index in [4.69, 9.17) is 5.11 Å². The van der Waals surface area contributed by atoms with E-state index < -0.39 is 23.6 Å². The fourth-order valence-corrected chi connectivity index (χ4v) is 1.85. The van der Waals surface area contributed by atoms with E-state index in [1.54, 1.807) is 0 Å². The first kappa shape index (κ1) is 14.0. The highest BCUT2D eigenvalue weighted by atomic mass is 19.1. The number of anilines is 2. The smallest absolute Gasteiger partial charge is 0.315 e. The Bertz CT molecular complexity index is 600. The van der Waals surface area contributed by atoms with Crippen LogP contribution in [0.15, 0.2) is 12.1 Å². The van der Waals surface area contributed by atoms with E-state index in [2.05, 4.69) is 10.6 Å². The van der Waals surface area contributed by atoms with Crippen molar-refractivity contribution >= 4 is 29.2 Å². The predicted octanol–water partition coefficient (Wildman–Crippen LogP) is 1.37. The lowest BCUT2D eigenvalue weighted by Gasteiger charge is -2.18. The van der Waals surface area contributed by atoms with Crippen molar-refractivity contribution in [2.75, 3.05) is 10.6 Å². The van der Waals surface area contributed by atoms with Crippen LogP contribution in [0, 0.1) is 11.7 Å². The Morgan fingerprint density at radius 2 is 2.10 bits per heavy atom. The zero-order valence-corrected chi connectivity index (χ0v) is 10.7. The van der Waals surface area contributed by atoms with Gasteiger partial charge in [-0.15, -0.1) is 0 Å². The fourth-order valence-electron chi connectivity index (χ4n) is 1.85. The van der Waals surface area contributed by atoms with Crippen LogP contribution >= 0.6 is 0 Å². The minimum Gasteiger partial charge on any atom is -0.481 e. The summed E-state index contributed by atoms with van der Waals surface area (Å²) in [6.45, 7) is 1.20. The van der Waals surface area contributed by atoms with Crippen LogP contribution < -0.4 is 10.6 Å². The molecule has 0 saturated heterocycles. The predicted molar refractivity (Wildman–Crippen MR) is 68.8 cm³/mol. The molecule has 20 heavy (non-hydrogen) atoms. The van der Waals surface area contributed by atoms with Gasteiger partial charge in [-0.05, 0) is 31.0 Å². The number of carbonyl (C=O) groups is 3. The third kappa shape index (κ3) is 2.76. The third-order valence-corrected chi connectivity index (χ3v) is 3.11. The van der Waals surface area contributed by atoms with Gasteiger partial charge in [0, 0.05) is 12.1 Å². The molecule has 0 aliphatic carbocycles. The number of fused-ring (bicyclic) bond motifs is 1. The standard InChI is InChI=1S/C13H13FN2O4/c1-6(13(19)20)12(18)16-10-5-9-7(4-8(10)14)2-3-11(17)15-9/h4-6H,2-3H2,1H3,(H,15,17)(H,16,18)(H,19,20). The number of hydrogen-bond acceptors (Lipinski definition) is 3. The maximum absolute atomic E-state index is 13.8. The molecule has 6 nitrogen and oxygen atoms in total. The van der Waals surface area contributed by atoms with E-state index in [1.165, 1.54) is 19.1 Å². The number of amides is 2. The minimum atomic E-state index is -1.30. The average molecular weight is 280 g/mol. The number of carbonyl (C=O) groups excluding carboxylic acids is 2. The summed E-state index contributed by atoms with van der Waals surface area (Å²) in [7, 11) is 0. The van der Waals surface area contributed by atoms with Crippen molar-refractivity contribution in [1.29, 1.82) is 0 Å². The van der Waals surface area contributed by atoms with Crippen LogP contribution in [0.2, 0.25) is 0 Å². The highest BCUT2D eigenvalue weighted by molar-refractivity contribution is 6.04. The summed E-state index contributed by atoms with van der Waals surface area (Å²) in [6.07, 6.45) is 0.714. The quantitative estimate of drug-likeness (QED) is 0.729. The molecule has 0 aromatic heterocycles. The molecule has 2 rings (SSSR count). The summed E-state index contributed by atoms with van der Waals surface area (Å²) < 4.78 is 13.8. The van der Waals surface area contributed by atoms with Gasteiger partial charge in [-0.1, -0.05) is 0 Å². The van der Waals surface area contributed by atoms with E-state index in [0.717, 1.165) is 0 Å². The van der Waals surface area contributed by atoms with E-state index in [-0.39, 0.29) is 18.0 Å². The molecule has 3 N–H and O–H groups in total. The van der Waals surface area contributed by atoms with Gasteiger partial charge in [-0.2, -0.15) is 0 Å². The summed E-state index contributed by atoms with van der Waals surface area (Å²) in [4.78, 5) is 33.5. The molecule has 0 spiro atoms. The van der Waals surface area contributed by atoms with Crippen molar-refractivity contribution in [3.8, 4) is 0 Å². The van der Waals surface area contributed by atoms with Crippen molar-refractivity contribution in [3.05, 3.63) is 23.5 Å². The molecule has 0 saturated carbocycles. The van der Waals surface area contributed by atoms with Gasteiger partial charge in [-0.3, -0.25) is 14.4 Å². The second kappa shape index (κ2) is 5.28. The monoisotopic (exact) mass is 280 g/mol. The Morgan fingerprint density at radius 1 is 1.40 bits per heavy atom. The Kier molecular flexibility index (Phi) is 3.69. The van der Waals surface area contributed by atoms with Crippen molar-refractivity contribution in [2.24, 2.45) is 5.92 Å². The summed E-state index contributed by atoms with van der Waals surface area (Å²) in [5.41, 5.74) is 0.927. The van der Waals surface area contributed by atoms with E-state index in [9.17, 15) is 18.8 Å². The molecule has 0 radical (unpaired) electrons. The van der Waals surface area contributed by atoms with Gasteiger partial charge < -0.3 is 15.7 Å². The number of benzene rings is 1. The van der Waals surface area contributed by atoms with Gasteiger partial charge in [0.15, 0.2) is 0 Å². The summed E-state index contributed by atoms with van der Waals surface area (Å²) in [5, 5.41) is 13.5. The Balaban J connectivity index is 2.25. The SMILES string of the molecule is CC(C(=O)O)C(=O)Nc1cc2c(cc1F)CCC(=O)N2. The number of aliphatic carboxylic acids is 1. The van der Waals surface area contributed by atoms with Crippen LogP contribution in [-0.2, 0) is 20.8 Å². The molecule has 0 bridgehead atoms. The van der Waals surface area contributed by atoms with E-state index in [1.807, 2.05) is 0 Å². The normalized spacial score (nSPS) is 15.0. The molecule has 106 valence electrons. The highest BCUT2D eigenvalue weighted by Crippen LogP contribution is 2.28. The number of nitrogens with one attached hydrogen (secondary N) is 2. The Morgan fingerprint density at radius 3 is 2.75 bits per heavy atom. The molecular weight excluding hydrogens is 267 g/mol. The highest BCUT2D eigenvalue weighted by Gasteiger charge is 2.23. The van der Waals surface area contributed by atoms with Crippen molar-refractivity contribution in [3.63, 3.8) is 0 Å². The molecule has 1 heterocycles. The second-order valence-corrected chi connectivity index (χ2v) is 4.59. The number of hydrogen-bond donors (Lipinski definition) is 3. The molecule has 1 aromatic carbocycles. The van der Waals surface area contributed by atoms with Gasteiger partial charge in [0.1, 0.15) is 11.7 Å². The Hall–Kier alpha value is -2.44. The molecule has 2 amide bonds. The number of halogens is 1. The maximum atomic E-state index is 13.8. The number of carboxylic acids is 1. The molecular formula is C13H13FN2O4. The lowest BCUT2D eigenvalue weighted by atomic mass is 10.0. The van der Waals surface area contributed by atoms with Gasteiger partial charge in [0.05, 0.1) is 5.69 Å². The number of aryl methyl sites for hydroxylation is 1. The van der Waals surface area contributed by atoms with Gasteiger partial charge in [-0.25, -0.2) is 4.39 Å². The summed E-state index contributed by atoms with van der Waals surface area (Å²) in [5.74, 6) is -4.25. The first-order valence-electron chi connectivity index (χ1n) is 6.04. The summed E-state index contributed by atoms with van der Waals surface area (Å²) in [6, 6.07) is 2.53. The topological polar surface area (TPSA) is 95.5 Å². The molecule has 1 atom stereocenters. The summed E-state index contributed by atoms with van der Waals surface area (Å²) >= 11 is 0. The van der Waals surface area contributed by atoms with Crippen LogP contribution in [0.25, 0.3) is 0 Å². The average Bonchev–Trinajstić information content (AvgIpc) is 2.39. The van der Waals surface area contributed by atoms with E-state index >= 15 is 0 Å². The lowest BCUT2D eigenvalue weighted by molar-refractivity contribution is -0.144. The first-order chi connectivity index (χ1) is 9.38. The molecule has 0 fully saturated rings. The molecule has 1 aliphatic rings. The van der Waals surface area contributed by atoms with E-state index in [0.29, 0.717) is 17.7 Å². The minimum absolute atomic E-state index is 0.149. The third-order valence-electron chi connectivity index (χ3n) is 3.11. The Labute approximate surface area is 114 Å². The largest absolute Gasteiger partial charge is 0.481 e. The van der Waals surface area contributed by atoms with Crippen LogP contribution in [0.1, 0.15) is 18.9 Å². The van der Waals surface area contributed by atoms with Crippen molar-refractivity contribution < 1.29 is 23.9 Å². The molecule has 7 heteroatoms. The fraction of sp³-hybridized carbons (Fsp3) is 0.308. The van der Waals surface area contributed by atoms with Crippen LogP contribution in [-0.4, -0.2) is 22.9 Å². The van der Waals surface area contributed by atoms with Gasteiger partial charge in [0.25, 0.3) is 0 Å². The van der Waals surface area contributed by atoms with Crippen molar-refractivity contribution in [1.82, 2.24) is 0 Å². The maximum Gasteiger partial charge on any atom is 0.315 e. The van der Waals surface area contributed by atoms with Crippen molar-refractivity contribution in [2.45, 2.75) is 19.8 Å². The zero-order chi connectivity index (χ0) is 14.9.